The molecule has 178 valence electrons. The Kier molecular flexibility index (Phi) is 14.5. The van der Waals surface area contributed by atoms with Crippen molar-refractivity contribution in [2.75, 3.05) is 66.0 Å². The lowest BCUT2D eigenvalue weighted by atomic mass is 9.95. The zero-order valence-corrected chi connectivity index (χ0v) is 20.3. The maximum atomic E-state index is 12.9. The molecule has 0 aliphatic carbocycles. The molecular formula is C19H38Cl3N5O3. The highest BCUT2D eigenvalue weighted by atomic mass is 35.5. The van der Waals surface area contributed by atoms with Crippen molar-refractivity contribution < 1.29 is 14.7 Å². The minimum Gasteiger partial charge on any atom is -0.481 e. The third-order valence-corrected chi connectivity index (χ3v) is 6.40. The fourth-order valence-electron chi connectivity index (χ4n) is 4.59. The van der Waals surface area contributed by atoms with Crippen molar-refractivity contribution in [2.45, 2.75) is 38.1 Å². The Balaban J connectivity index is 0.00000280. The number of piperidine rings is 2. The Morgan fingerprint density at radius 2 is 1.50 bits per heavy atom. The molecule has 0 atom stereocenters. The van der Waals surface area contributed by atoms with Crippen molar-refractivity contribution in [1.82, 2.24) is 25.1 Å². The normalized spacial score (nSPS) is 22.0. The summed E-state index contributed by atoms with van der Waals surface area (Å²) in [6, 6.07) is 0.688. The second-order valence-corrected chi connectivity index (χ2v) is 8.10. The molecule has 0 aromatic rings. The number of carboxylic acid groups (broad SMARTS) is 1. The molecule has 0 unspecified atom stereocenters. The van der Waals surface area contributed by atoms with Crippen LogP contribution < -0.4 is 5.32 Å². The summed E-state index contributed by atoms with van der Waals surface area (Å²) in [5.41, 5.74) is 0. The van der Waals surface area contributed by atoms with Crippen LogP contribution in [-0.2, 0) is 9.59 Å². The van der Waals surface area contributed by atoms with E-state index in [4.69, 9.17) is 5.11 Å². The first-order chi connectivity index (χ1) is 13.0. The Bertz CT molecular complexity index is 510. The smallest absolute Gasteiger partial charge is 0.304 e. The number of aliphatic carboxylic acids is 1. The van der Waals surface area contributed by atoms with Gasteiger partial charge >= 0.3 is 5.97 Å². The van der Waals surface area contributed by atoms with E-state index in [1.54, 1.807) is 0 Å². The predicted molar refractivity (Wildman–Crippen MR) is 125 cm³/mol. The number of carboxylic acids is 1. The Morgan fingerprint density at radius 3 is 2.03 bits per heavy atom. The summed E-state index contributed by atoms with van der Waals surface area (Å²) in [4.78, 5) is 28.3. The molecule has 3 aliphatic rings. The van der Waals surface area contributed by atoms with Crippen molar-refractivity contribution in [3.8, 4) is 0 Å². The fraction of sp³-hybridized carbons (Fsp3) is 0.895. The van der Waals surface area contributed by atoms with Crippen molar-refractivity contribution in [1.29, 1.82) is 0 Å². The molecule has 2 N–H and O–H groups in total. The number of carbonyl (C=O) groups is 2. The van der Waals surface area contributed by atoms with Gasteiger partial charge in [-0.2, -0.15) is 0 Å². The molecule has 30 heavy (non-hydrogen) atoms. The van der Waals surface area contributed by atoms with Gasteiger partial charge in [-0.3, -0.25) is 14.5 Å². The van der Waals surface area contributed by atoms with Crippen LogP contribution in [0, 0.1) is 5.92 Å². The quantitative estimate of drug-likeness (QED) is 0.579. The number of hydrazine groups is 1. The standard InChI is InChI=1S/C19H35N5O3.3ClH/c1-21(9-6-18(25)26)24-10-4-16(5-11-24)19(27)23-14-12-22(13-15-23)17-2-7-20-8-3-17;;;/h16-17,20H,2-15H2,1H3,(H,25,26);3*1H. The van der Waals surface area contributed by atoms with E-state index >= 15 is 0 Å². The predicted octanol–water partition coefficient (Wildman–Crippen LogP) is 1.18. The first-order valence-electron chi connectivity index (χ1n) is 10.5. The van der Waals surface area contributed by atoms with Crippen molar-refractivity contribution in [3.63, 3.8) is 0 Å². The van der Waals surface area contributed by atoms with E-state index in [-0.39, 0.29) is 49.6 Å². The average Bonchev–Trinajstić information content (AvgIpc) is 2.72. The minimum absolute atomic E-state index is 0. The Morgan fingerprint density at radius 1 is 0.933 bits per heavy atom. The van der Waals surface area contributed by atoms with Gasteiger partial charge in [-0.15, -0.1) is 37.2 Å². The van der Waals surface area contributed by atoms with Crippen LogP contribution >= 0.6 is 37.2 Å². The molecule has 0 aromatic heterocycles. The highest BCUT2D eigenvalue weighted by Crippen LogP contribution is 2.22. The van der Waals surface area contributed by atoms with Gasteiger partial charge in [0, 0.05) is 64.8 Å². The molecule has 8 nitrogen and oxygen atoms in total. The monoisotopic (exact) mass is 489 g/mol. The van der Waals surface area contributed by atoms with Gasteiger partial charge < -0.3 is 15.3 Å². The summed E-state index contributed by atoms with van der Waals surface area (Å²) >= 11 is 0. The van der Waals surface area contributed by atoms with Crippen LogP contribution in [0.15, 0.2) is 0 Å². The van der Waals surface area contributed by atoms with E-state index in [1.165, 1.54) is 12.8 Å². The molecule has 0 radical (unpaired) electrons. The molecule has 3 saturated heterocycles. The molecule has 11 heteroatoms. The van der Waals surface area contributed by atoms with Gasteiger partial charge in [0.15, 0.2) is 0 Å². The van der Waals surface area contributed by atoms with Gasteiger partial charge in [0.1, 0.15) is 0 Å². The van der Waals surface area contributed by atoms with E-state index in [0.717, 1.165) is 65.2 Å². The second-order valence-electron chi connectivity index (χ2n) is 8.10. The van der Waals surface area contributed by atoms with Gasteiger partial charge in [-0.05, 0) is 38.8 Å². The molecule has 3 aliphatic heterocycles. The lowest BCUT2D eigenvalue weighted by molar-refractivity contribution is -0.141. The highest BCUT2D eigenvalue weighted by Gasteiger charge is 2.32. The first kappa shape index (κ1) is 29.7. The summed E-state index contributed by atoms with van der Waals surface area (Å²) in [5, 5.41) is 16.4. The third-order valence-electron chi connectivity index (χ3n) is 6.40. The molecule has 0 saturated carbocycles. The first-order valence-corrected chi connectivity index (χ1v) is 10.5. The number of nitrogens with zero attached hydrogens (tertiary/aromatic N) is 4. The van der Waals surface area contributed by atoms with Crippen LogP contribution in [0.3, 0.4) is 0 Å². The molecule has 3 rings (SSSR count). The van der Waals surface area contributed by atoms with Gasteiger partial charge in [-0.25, -0.2) is 10.0 Å². The molecule has 1 amide bonds. The highest BCUT2D eigenvalue weighted by molar-refractivity contribution is 5.86. The number of hydrogen-bond acceptors (Lipinski definition) is 6. The number of amides is 1. The van der Waals surface area contributed by atoms with Crippen molar-refractivity contribution >= 4 is 49.1 Å². The second kappa shape index (κ2) is 14.7. The van der Waals surface area contributed by atoms with Crippen LogP contribution in [-0.4, -0.2) is 109 Å². The molecule has 0 spiro atoms. The number of rotatable bonds is 6. The Hall–Kier alpha value is -0.350. The van der Waals surface area contributed by atoms with Gasteiger partial charge in [0.05, 0.1) is 6.42 Å². The average molecular weight is 491 g/mol. The van der Waals surface area contributed by atoms with E-state index < -0.39 is 5.97 Å². The zero-order valence-electron chi connectivity index (χ0n) is 17.8. The number of piperazine rings is 1. The van der Waals surface area contributed by atoms with Crippen molar-refractivity contribution in [3.05, 3.63) is 0 Å². The van der Waals surface area contributed by atoms with Gasteiger partial charge in [0.25, 0.3) is 0 Å². The van der Waals surface area contributed by atoms with Gasteiger partial charge in [0.2, 0.25) is 5.91 Å². The topological polar surface area (TPSA) is 79.4 Å². The van der Waals surface area contributed by atoms with Crippen LogP contribution in [0.5, 0.6) is 0 Å². The van der Waals surface area contributed by atoms with Crippen LogP contribution in [0.1, 0.15) is 32.1 Å². The summed E-state index contributed by atoms with van der Waals surface area (Å²) in [5.74, 6) is -0.317. The molecule has 3 heterocycles. The SMILES string of the molecule is CN(CCC(=O)O)N1CCC(C(=O)N2CCN(C3CCNCC3)CC2)CC1.Cl.Cl.Cl. The molecule has 0 bridgehead atoms. The third kappa shape index (κ3) is 8.30. The van der Waals surface area contributed by atoms with Gasteiger partial charge in [-0.1, -0.05) is 0 Å². The maximum absolute atomic E-state index is 12.9. The van der Waals surface area contributed by atoms with Crippen molar-refractivity contribution in [2.24, 2.45) is 5.92 Å². The van der Waals surface area contributed by atoms with E-state index in [2.05, 4.69) is 20.1 Å². The Labute approximate surface area is 198 Å². The number of halogens is 3. The molecular weight excluding hydrogens is 453 g/mol. The zero-order chi connectivity index (χ0) is 19.2. The van der Waals surface area contributed by atoms with Crippen LogP contribution in [0.4, 0.5) is 0 Å². The lowest BCUT2D eigenvalue weighted by Crippen LogP contribution is -2.55. The number of hydrogen-bond donors (Lipinski definition) is 2. The van der Waals surface area contributed by atoms with E-state index in [0.29, 0.717) is 18.5 Å². The molecule has 3 fully saturated rings. The van der Waals surface area contributed by atoms with E-state index in [9.17, 15) is 9.59 Å². The summed E-state index contributed by atoms with van der Waals surface area (Å²) in [6.07, 6.45) is 4.33. The number of nitrogens with one attached hydrogen (secondary N) is 1. The molecule has 0 aromatic carbocycles. The van der Waals surface area contributed by atoms with Crippen LogP contribution in [0.25, 0.3) is 0 Å². The minimum atomic E-state index is -0.768. The maximum Gasteiger partial charge on any atom is 0.304 e. The lowest BCUT2D eigenvalue weighted by Gasteiger charge is -2.43. The summed E-state index contributed by atoms with van der Waals surface area (Å²) < 4.78 is 0. The van der Waals surface area contributed by atoms with E-state index in [1.807, 2.05) is 12.1 Å². The van der Waals surface area contributed by atoms with Crippen LogP contribution in [0.2, 0.25) is 0 Å². The largest absolute Gasteiger partial charge is 0.481 e. The number of carbonyl (C=O) groups excluding carboxylic acids is 1. The fourth-order valence-corrected chi connectivity index (χ4v) is 4.59. The summed E-state index contributed by atoms with van der Waals surface area (Å²) in [6.45, 7) is 8.16. The summed E-state index contributed by atoms with van der Waals surface area (Å²) in [7, 11) is 1.94.